The number of anilines is 3. The SMILES string of the molecule is O=C1c2ccccc2N[C@@H](c2ccc(Cl)cc2)N1c1ccc(N2CCOCC2)cc1. The van der Waals surface area contributed by atoms with Crippen LogP contribution in [0.4, 0.5) is 17.1 Å². The molecule has 5 nitrogen and oxygen atoms in total. The summed E-state index contributed by atoms with van der Waals surface area (Å²) in [7, 11) is 0. The van der Waals surface area contributed by atoms with Gasteiger partial charge in [-0.1, -0.05) is 35.9 Å². The van der Waals surface area contributed by atoms with Crippen LogP contribution in [-0.2, 0) is 4.74 Å². The highest BCUT2D eigenvalue weighted by molar-refractivity contribution is 6.30. The van der Waals surface area contributed by atoms with Crippen molar-refractivity contribution in [1.82, 2.24) is 0 Å². The van der Waals surface area contributed by atoms with Gasteiger partial charge in [0.15, 0.2) is 0 Å². The number of benzene rings is 3. The Morgan fingerprint density at radius 1 is 0.867 bits per heavy atom. The molecule has 30 heavy (non-hydrogen) atoms. The number of carbonyl (C=O) groups is 1. The van der Waals surface area contributed by atoms with E-state index in [0.717, 1.165) is 48.9 Å². The molecule has 0 saturated carbocycles. The summed E-state index contributed by atoms with van der Waals surface area (Å²) in [5.41, 5.74) is 4.46. The van der Waals surface area contributed by atoms with Gasteiger partial charge in [-0.15, -0.1) is 0 Å². The van der Waals surface area contributed by atoms with Gasteiger partial charge in [0.2, 0.25) is 0 Å². The fraction of sp³-hybridized carbons (Fsp3) is 0.208. The molecule has 3 aromatic rings. The smallest absolute Gasteiger partial charge is 0.262 e. The molecule has 2 aliphatic rings. The zero-order valence-electron chi connectivity index (χ0n) is 16.4. The number of rotatable bonds is 3. The number of carbonyl (C=O) groups excluding carboxylic acids is 1. The maximum absolute atomic E-state index is 13.5. The molecule has 1 saturated heterocycles. The van der Waals surface area contributed by atoms with Gasteiger partial charge in [0.1, 0.15) is 6.17 Å². The summed E-state index contributed by atoms with van der Waals surface area (Å²) in [5.74, 6) is -0.0246. The normalized spacial score (nSPS) is 18.7. The lowest BCUT2D eigenvalue weighted by atomic mass is 10.0. The standard InChI is InChI=1S/C24H22ClN3O2/c25-18-7-5-17(6-8-18)23-26-22-4-2-1-3-21(22)24(29)28(23)20-11-9-19(10-12-20)27-13-15-30-16-14-27/h1-12,23,26H,13-16H2/t23-/m1/s1. The van der Waals surface area contributed by atoms with E-state index < -0.39 is 0 Å². The van der Waals surface area contributed by atoms with Crippen molar-refractivity contribution in [2.24, 2.45) is 0 Å². The van der Waals surface area contributed by atoms with Crippen molar-refractivity contribution >= 4 is 34.6 Å². The van der Waals surface area contributed by atoms with E-state index in [1.54, 1.807) is 0 Å². The average Bonchev–Trinajstić information content (AvgIpc) is 2.80. The summed E-state index contributed by atoms with van der Waals surface area (Å²) in [6.45, 7) is 3.24. The van der Waals surface area contributed by atoms with Gasteiger partial charge in [-0.3, -0.25) is 9.69 Å². The van der Waals surface area contributed by atoms with Gasteiger partial charge in [0.25, 0.3) is 5.91 Å². The number of morpholine rings is 1. The largest absolute Gasteiger partial charge is 0.378 e. The molecule has 0 unspecified atom stereocenters. The number of ether oxygens (including phenoxy) is 1. The number of fused-ring (bicyclic) bond motifs is 1. The monoisotopic (exact) mass is 419 g/mol. The maximum atomic E-state index is 13.5. The molecule has 0 radical (unpaired) electrons. The molecule has 1 fully saturated rings. The van der Waals surface area contributed by atoms with Crippen LogP contribution >= 0.6 is 11.6 Å². The Balaban J connectivity index is 1.52. The highest BCUT2D eigenvalue weighted by Crippen LogP contribution is 2.37. The summed E-state index contributed by atoms with van der Waals surface area (Å²) in [5, 5.41) is 4.19. The number of nitrogens with zero attached hydrogens (tertiary/aromatic N) is 2. The molecule has 5 rings (SSSR count). The van der Waals surface area contributed by atoms with Gasteiger partial charge >= 0.3 is 0 Å². The Hall–Kier alpha value is -3.02. The number of hydrogen-bond donors (Lipinski definition) is 1. The Bertz CT molecular complexity index is 1050. The minimum Gasteiger partial charge on any atom is -0.378 e. The summed E-state index contributed by atoms with van der Waals surface area (Å²) in [6, 6.07) is 23.4. The summed E-state index contributed by atoms with van der Waals surface area (Å²) in [4.78, 5) is 17.6. The van der Waals surface area contributed by atoms with E-state index in [0.29, 0.717) is 10.6 Å². The van der Waals surface area contributed by atoms with Crippen LogP contribution in [-0.4, -0.2) is 32.2 Å². The molecule has 0 spiro atoms. The second-order valence-electron chi connectivity index (χ2n) is 7.43. The molecule has 2 aliphatic heterocycles. The van der Waals surface area contributed by atoms with E-state index in [-0.39, 0.29) is 12.1 Å². The van der Waals surface area contributed by atoms with Crippen molar-refractivity contribution in [3.05, 3.63) is 88.9 Å². The number of para-hydroxylation sites is 1. The van der Waals surface area contributed by atoms with Crippen LogP contribution in [0.25, 0.3) is 0 Å². The van der Waals surface area contributed by atoms with E-state index in [1.165, 1.54) is 0 Å². The van der Waals surface area contributed by atoms with Crippen LogP contribution in [0, 0.1) is 0 Å². The molecule has 0 aromatic heterocycles. The third-order valence-corrected chi connectivity index (χ3v) is 5.87. The molecule has 1 atom stereocenters. The van der Waals surface area contributed by atoms with Crippen molar-refractivity contribution in [3.8, 4) is 0 Å². The van der Waals surface area contributed by atoms with Gasteiger partial charge in [-0.2, -0.15) is 0 Å². The van der Waals surface area contributed by atoms with Gasteiger partial charge in [0.05, 0.1) is 18.8 Å². The first kappa shape index (κ1) is 19.0. The van der Waals surface area contributed by atoms with Gasteiger partial charge in [-0.05, 0) is 54.1 Å². The number of nitrogens with one attached hydrogen (secondary N) is 1. The summed E-state index contributed by atoms with van der Waals surface area (Å²) >= 11 is 6.09. The molecule has 3 aromatic carbocycles. The lowest BCUT2D eigenvalue weighted by Gasteiger charge is -2.38. The predicted octanol–water partition coefficient (Wildman–Crippen LogP) is 4.95. The molecule has 2 heterocycles. The number of halogens is 1. The van der Waals surface area contributed by atoms with Crippen LogP contribution in [0.2, 0.25) is 5.02 Å². The van der Waals surface area contributed by atoms with Crippen LogP contribution in [0.5, 0.6) is 0 Å². The zero-order chi connectivity index (χ0) is 20.5. The quantitative estimate of drug-likeness (QED) is 0.652. The minimum atomic E-state index is -0.320. The van der Waals surface area contributed by atoms with Crippen LogP contribution in [0.1, 0.15) is 22.1 Å². The lowest BCUT2D eigenvalue weighted by Crippen LogP contribution is -2.43. The Labute approximate surface area is 180 Å². The van der Waals surface area contributed by atoms with Crippen molar-refractivity contribution in [2.45, 2.75) is 6.17 Å². The first-order valence-electron chi connectivity index (χ1n) is 10.1. The van der Waals surface area contributed by atoms with Crippen molar-refractivity contribution in [2.75, 3.05) is 41.4 Å². The summed E-state index contributed by atoms with van der Waals surface area (Å²) < 4.78 is 5.45. The van der Waals surface area contributed by atoms with Crippen molar-refractivity contribution in [3.63, 3.8) is 0 Å². The topological polar surface area (TPSA) is 44.8 Å². The third-order valence-electron chi connectivity index (χ3n) is 5.62. The fourth-order valence-corrected chi connectivity index (χ4v) is 4.17. The molecule has 0 bridgehead atoms. The summed E-state index contributed by atoms with van der Waals surface area (Å²) in [6.07, 6.45) is -0.320. The number of amides is 1. The molecule has 152 valence electrons. The number of hydrogen-bond acceptors (Lipinski definition) is 4. The fourth-order valence-electron chi connectivity index (χ4n) is 4.04. The van der Waals surface area contributed by atoms with Crippen LogP contribution in [0.3, 0.4) is 0 Å². The van der Waals surface area contributed by atoms with E-state index in [2.05, 4.69) is 22.3 Å². The highest BCUT2D eigenvalue weighted by atomic mass is 35.5. The Kier molecular flexibility index (Phi) is 5.07. The molecule has 6 heteroatoms. The Morgan fingerprint density at radius 2 is 1.53 bits per heavy atom. The van der Waals surface area contributed by atoms with E-state index in [1.807, 2.05) is 65.6 Å². The second-order valence-corrected chi connectivity index (χ2v) is 7.87. The van der Waals surface area contributed by atoms with Crippen LogP contribution in [0.15, 0.2) is 72.8 Å². The van der Waals surface area contributed by atoms with Crippen molar-refractivity contribution in [1.29, 1.82) is 0 Å². The van der Waals surface area contributed by atoms with Gasteiger partial charge in [0, 0.05) is 35.2 Å². The first-order chi connectivity index (χ1) is 14.7. The molecule has 1 amide bonds. The van der Waals surface area contributed by atoms with Gasteiger partial charge in [-0.25, -0.2) is 0 Å². The second kappa shape index (κ2) is 8.01. The maximum Gasteiger partial charge on any atom is 0.262 e. The Morgan fingerprint density at radius 3 is 2.27 bits per heavy atom. The van der Waals surface area contributed by atoms with Crippen molar-refractivity contribution < 1.29 is 9.53 Å². The molecular formula is C24H22ClN3O2. The van der Waals surface area contributed by atoms with E-state index >= 15 is 0 Å². The van der Waals surface area contributed by atoms with E-state index in [4.69, 9.17) is 16.3 Å². The molecular weight excluding hydrogens is 398 g/mol. The van der Waals surface area contributed by atoms with Crippen LogP contribution < -0.4 is 15.1 Å². The zero-order valence-corrected chi connectivity index (χ0v) is 17.2. The highest BCUT2D eigenvalue weighted by Gasteiger charge is 2.34. The average molecular weight is 420 g/mol. The predicted molar refractivity (Wildman–Crippen MR) is 121 cm³/mol. The molecule has 1 N–H and O–H groups in total. The minimum absolute atomic E-state index is 0.0246. The lowest BCUT2D eigenvalue weighted by molar-refractivity contribution is 0.0975. The van der Waals surface area contributed by atoms with Gasteiger partial charge < -0.3 is 15.0 Å². The third kappa shape index (κ3) is 3.51. The molecule has 0 aliphatic carbocycles. The van der Waals surface area contributed by atoms with E-state index in [9.17, 15) is 4.79 Å². The first-order valence-corrected chi connectivity index (χ1v) is 10.5.